The minimum absolute atomic E-state index is 0.348. The smallest absolute Gasteiger partial charge is 0.0714 e. The van der Waals surface area contributed by atoms with Crippen molar-refractivity contribution in [2.75, 3.05) is 0 Å². The van der Waals surface area contributed by atoms with Gasteiger partial charge in [-0.3, -0.25) is 0 Å². The van der Waals surface area contributed by atoms with Crippen LogP contribution in [0.4, 0.5) is 0 Å². The van der Waals surface area contributed by atoms with Crippen molar-refractivity contribution in [3.05, 3.63) is 144 Å². The second-order valence-electron chi connectivity index (χ2n) is 9.02. The molecule has 0 fully saturated rings. The average molecular weight is 422 g/mol. The fraction of sp³-hybridized carbons (Fsp3) is 0.0625. The van der Waals surface area contributed by atoms with Gasteiger partial charge in [0.15, 0.2) is 0 Å². The van der Waals surface area contributed by atoms with Gasteiger partial charge in [-0.25, -0.2) is 0 Å². The Kier molecular flexibility index (Phi) is 3.75. The Bertz CT molecular complexity index is 1620. The molecule has 0 aliphatic heterocycles. The first-order valence-corrected chi connectivity index (χ1v) is 11.5. The van der Waals surface area contributed by atoms with Gasteiger partial charge < -0.3 is 4.57 Å². The summed E-state index contributed by atoms with van der Waals surface area (Å²) < 4.78 is 2.34. The number of rotatable bonds is 2. The van der Waals surface area contributed by atoms with E-state index in [1.807, 2.05) is 0 Å². The normalized spacial score (nSPS) is 13.8. The molecule has 0 bridgehead atoms. The van der Waals surface area contributed by atoms with Gasteiger partial charge >= 0.3 is 0 Å². The van der Waals surface area contributed by atoms with Crippen molar-refractivity contribution in [2.45, 2.75) is 5.41 Å². The van der Waals surface area contributed by atoms with Crippen LogP contribution in [-0.2, 0) is 12.5 Å². The average Bonchev–Trinajstić information content (AvgIpc) is 3.34. The largest absolute Gasteiger partial charge is 0.344 e. The fourth-order valence-corrected chi connectivity index (χ4v) is 6.09. The molecule has 0 saturated heterocycles. The number of para-hydroxylation sites is 1. The molecular weight excluding hydrogens is 398 g/mol. The van der Waals surface area contributed by atoms with Crippen LogP contribution in [0.2, 0.25) is 0 Å². The third kappa shape index (κ3) is 2.32. The topological polar surface area (TPSA) is 4.93 Å². The zero-order chi connectivity index (χ0) is 22.0. The highest BCUT2D eigenvalue weighted by Gasteiger charge is 2.46. The van der Waals surface area contributed by atoms with E-state index in [1.54, 1.807) is 0 Å². The van der Waals surface area contributed by atoms with Crippen molar-refractivity contribution in [1.82, 2.24) is 4.57 Å². The van der Waals surface area contributed by atoms with Crippen LogP contribution in [0.3, 0.4) is 0 Å². The maximum absolute atomic E-state index is 2.45. The number of nitrogens with zero attached hydrogens (tertiary/aromatic N) is 1. The van der Waals surface area contributed by atoms with E-state index in [0.717, 1.165) is 0 Å². The number of aryl methyl sites for hydroxylation is 1. The zero-order valence-corrected chi connectivity index (χ0v) is 18.5. The molecule has 0 spiro atoms. The summed E-state index contributed by atoms with van der Waals surface area (Å²) in [5.74, 6) is 0. The van der Waals surface area contributed by atoms with E-state index >= 15 is 0 Å². The summed E-state index contributed by atoms with van der Waals surface area (Å²) >= 11 is 0. The van der Waals surface area contributed by atoms with Crippen LogP contribution in [0, 0.1) is 0 Å². The first kappa shape index (κ1) is 18.5. The highest BCUT2D eigenvalue weighted by molar-refractivity contribution is 6.10. The van der Waals surface area contributed by atoms with Gasteiger partial charge in [0.05, 0.1) is 5.41 Å². The maximum Gasteiger partial charge on any atom is 0.0714 e. The van der Waals surface area contributed by atoms with Crippen molar-refractivity contribution < 1.29 is 0 Å². The third-order valence-electron chi connectivity index (χ3n) is 7.49. The van der Waals surface area contributed by atoms with E-state index in [2.05, 4.69) is 133 Å². The predicted octanol–water partition coefficient (Wildman–Crippen LogP) is 7.69. The number of fused-ring (bicyclic) bond motifs is 6. The van der Waals surface area contributed by atoms with Crippen molar-refractivity contribution in [1.29, 1.82) is 0 Å². The molecule has 156 valence electrons. The van der Waals surface area contributed by atoms with E-state index in [-0.39, 0.29) is 5.41 Å². The van der Waals surface area contributed by atoms with Crippen molar-refractivity contribution in [3.63, 3.8) is 0 Å². The highest BCUT2D eigenvalue weighted by atomic mass is 14.9. The van der Waals surface area contributed by atoms with Gasteiger partial charge in [-0.2, -0.15) is 0 Å². The van der Waals surface area contributed by atoms with Gasteiger partial charge in [0.25, 0.3) is 0 Å². The number of hydrogen-bond donors (Lipinski definition) is 0. The summed E-state index contributed by atoms with van der Waals surface area (Å²) in [5.41, 5.74) is 10.2. The minimum Gasteiger partial charge on any atom is -0.344 e. The molecule has 0 unspecified atom stereocenters. The highest BCUT2D eigenvalue weighted by Crippen LogP contribution is 2.57. The molecule has 1 nitrogen and oxygen atoms in total. The van der Waals surface area contributed by atoms with Crippen LogP contribution in [0.25, 0.3) is 32.9 Å². The van der Waals surface area contributed by atoms with Crippen molar-refractivity contribution >= 4 is 21.8 Å². The summed E-state index contributed by atoms with van der Waals surface area (Å²) in [6, 6.07) is 44.6. The van der Waals surface area contributed by atoms with Crippen LogP contribution >= 0.6 is 0 Å². The van der Waals surface area contributed by atoms with Crippen molar-refractivity contribution in [2.24, 2.45) is 7.05 Å². The Hall–Kier alpha value is -4.10. The Balaban J connectivity index is 1.70. The van der Waals surface area contributed by atoms with Gasteiger partial charge in [-0.05, 0) is 51.6 Å². The fourth-order valence-electron chi connectivity index (χ4n) is 6.09. The van der Waals surface area contributed by atoms with Gasteiger partial charge in [0.2, 0.25) is 0 Å². The van der Waals surface area contributed by atoms with E-state index in [0.29, 0.717) is 0 Å². The first-order valence-electron chi connectivity index (χ1n) is 11.5. The molecule has 0 atom stereocenters. The summed E-state index contributed by atoms with van der Waals surface area (Å²) in [6.07, 6.45) is 0. The Morgan fingerprint density at radius 1 is 0.485 bits per heavy atom. The lowest BCUT2D eigenvalue weighted by molar-refractivity contribution is 0.768. The Labute approximate surface area is 193 Å². The van der Waals surface area contributed by atoms with Crippen LogP contribution in [0.15, 0.2) is 121 Å². The van der Waals surface area contributed by atoms with Gasteiger partial charge in [-0.1, -0.05) is 103 Å². The second kappa shape index (κ2) is 6.70. The number of hydrogen-bond acceptors (Lipinski definition) is 0. The molecule has 1 aliphatic rings. The molecule has 33 heavy (non-hydrogen) atoms. The summed E-state index contributed by atoms with van der Waals surface area (Å²) in [5, 5.41) is 2.63. The molecule has 1 heterocycles. The van der Waals surface area contributed by atoms with Crippen LogP contribution in [0.5, 0.6) is 0 Å². The molecule has 1 aromatic heterocycles. The standard InChI is InChI=1S/C32H23N/c1-33-30-19-11-9-17-25(30)27-20-26-24-16-8-10-18-28(24)32(29(26)21-31(27)33,22-12-4-2-5-13-22)23-14-6-3-7-15-23/h2-21H,1H3. The number of aromatic nitrogens is 1. The molecule has 0 radical (unpaired) electrons. The number of benzene rings is 5. The van der Waals surface area contributed by atoms with E-state index in [9.17, 15) is 0 Å². The molecule has 0 amide bonds. The molecule has 7 rings (SSSR count). The predicted molar refractivity (Wildman–Crippen MR) is 138 cm³/mol. The third-order valence-corrected chi connectivity index (χ3v) is 7.49. The Morgan fingerprint density at radius 2 is 1.09 bits per heavy atom. The van der Waals surface area contributed by atoms with Crippen LogP contribution in [0.1, 0.15) is 22.3 Å². The van der Waals surface area contributed by atoms with E-state index in [4.69, 9.17) is 0 Å². The molecule has 5 aromatic carbocycles. The minimum atomic E-state index is -0.348. The van der Waals surface area contributed by atoms with E-state index in [1.165, 1.54) is 55.2 Å². The summed E-state index contributed by atoms with van der Waals surface area (Å²) in [4.78, 5) is 0. The molecule has 6 aromatic rings. The summed E-state index contributed by atoms with van der Waals surface area (Å²) in [6.45, 7) is 0. The monoisotopic (exact) mass is 421 g/mol. The molecule has 0 N–H and O–H groups in total. The van der Waals surface area contributed by atoms with Crippen LogP contribution in [-0.4, -0.2) is 4.57 Å². The SMILES string of the molecule is Cn1c2ccccc2c2cc3c(cc21)C(c1ccccc1)(c1ccccc1)c1ccccc1-3. The molecule has 0 saturated carbocycles. The zero-order valence-electron chi connectivity index (χ0n) is 18.5. The van der Waals surface area contributed by atoms with Crippen molar-refractivity contribution in [3.8, 4) is 11.1 Å². The van der Waals surface area contributed by atoms with E-state index < -0.39 is 0 Å². The molecule has 1 aliphatic carbocycles. The quantitative estimate of drug-likeness (QED) is 0.270. The maximum atomic E-state index is 2.45. The molecular formula is C32H23N. The first-order chi connectivity index (χ1) is 16.3. The van der Waals surface area contributed by atoms with Gasteiger partial charge in [-0.15, -0.1) is 0 Å². The van der Waals surface area contributed by atoms with Gasteiger partial charge in [0.1, 0.15) is 0 Å². The van der Waals surface area contributed by atoms with Gasteiger partial charge in [0, 0.05) is 28.9 Å². The lowest BCUT2D eigenvalue weighted by Crippen LogP contribution is -2.28. The second-order valence-corrected chi connectivity index (χ2v) is 9.02. The molecule has 1 heteroatoms. The van der Waals surface area contributed by atoms with Crippen LogP contribution < -0.4 is 0 Å². The lowest BCUT2D eigenvalue weighted by Gasteiger charge is -2.33. The lowest BCUT2D eigenvalue weighted by atomic mass is 9.67. The Morgan fingerprint density at radius 3 is 1.82 bits per heavy atom. The summed E-state index contributed by atoms with van der Waals surface area (Å²) in [7, 11) is 2.19.